The van der Waals surface area contributed by atoms with Gasteiger partial charge in [0.1, 0.15) is 19.0 Å². The summed E-state index contributed by atoms with van der Waals surface area (Å²) in [7, 11) is 3.64. The average molecular weight is 415 g/mol. The third kappa shape index (κ3) is 4.05. The lowest BCUT2D eigenvalue weighted by Crippen LogP contribution is -2.56. The van der Waals surface area contributed by atoms with Gasteiger partial charge in [-0.25, -0.2) is 4.98 Å². The summed E-state index contributed by atoms with van der Waals surface area (Å²) in [4.78, 5) is 32.4. The van der Waals surface area contributed by atoms with E-state index in [0.717, 1.165) is 29.8 Å². The Hall–Kier alpha value is -2.49. The van der Waals surface area contributed by atoms with E-state index in [1.165, 1.54) is 0 Å². The van der Waals surface area contributed by atoms with Gasteiger partial charge in [-0.1, -0.05) is 12.1 Å². The fourth-order valence-electron chi connectivity index (χ4n) is 4.54. The number of imidazole rings is 1. The van der Waals surface area contributed by atoms with Crippen molar-refractivity contribution < 1.29 is 19.4 Å². The van der Waals surface area contributed by atoms with E-state index in [1.807, 2.05) is 40.8 Å². The molecular formula is C21H29N5O4. The number of para-hydroxylation sites is 2. The van der Waals surface area contributed by atoms with Crippen molar-refractivity contribution in [2.24, 2.45) is 7.05 Å². The van der Waals surface area contributed by atoms with Crippen molar-refractivity contribution in [3.8, 4) is 0 Å². The second-order valence-electron chi connectivity index (χ2n) is 8.10. The molecule has 2 aromatic rings. The maximum Gasteiger partial charge on any atom is 0.248 e. The number of nitrogens with zero attached hydrogens (tertiary/aromatic N) is 4. The van der Waals surface area contributed by atoms with E-state index < -0.39 is 6.10 Å². The third-order valence-electron chi connectivity index (χ3n) is 6.31. The number of rotatable bonds is 6. The third-order valence-corrected chi connectivity index (χ3v) is 6.31. The molecule has 1 aromatic heterocycles. The van der Waals surface area contributed by atoms with Crippen LogP contribution in [0.25, 0.3) is 11.0 Å². The van der Waals surface area contributed by atoms with Crippen LogP contribution in [0.3, 0.4) is 0 Å². The van der Waals surface area contributed by atoms with Gasteiger partial charge >= 0.3 is 0 Å². The van der Waals surface area contributed by atoms with E-state index >= 15 is 0 Å². The molecule has 1 saturated heterocycles. The van der Waals surface area contributed by atoms with Crippen LogP contribution in [0, 0.1) is 0 Å². The summed E-state index contributed by atoms with van der Waals surface area (Å²) < 4.78 is 7.61. The van der Waals surface area contributed by atoms with Crippen molar-refractivity contribution in [3.63, 3.8) is 0 Å². The molecule has 0 bridgehead atoms. The number of benzene rings is 1. The van der Waals surface area contributed by atoms with Crippen LogP contribution in [0.2, 0.25) is 0 Å². The molecule has 1 aliphatic carbocycles. The quantitative estimate of drug-likeness (QED) is 0.682. The number of piperazine rings is 1. The van der Waals surface area contributed by atoms with E-state index in [1.54, 1.807) is 11.9 Å². The highest BCUT2D eigenvalue weighted by Gasteiger charge is 2.42. The predicted octanol–water partition coefficient (Wildman–Crippen LogP) is -0.128. The lowest BCUT2D eigenvalue weighted by Gasteiger charge is -2.35. The van der Waals surface area contributed by atoms with Gasteiger partial charge in [-0.2, -0.15) is 0 Å². The number of amides is 2. The maximum atomic E-state index is 12.6. The first-order valence-electron chi connectivity index (χ1n) is 10.4. The van der Waals surface area contributed by atoms with Crippen molar-refractivity contribution in [1.82, 2.24) is 24.7 Å². The van der Waals surface area contributed by atoms with Gasteiger partial charge in [0, 0.05) is 33.2 Å². The Morgan fingerprint density at radius 3 is 2.93 bits per heavy atom. The van der Waals surface area contributed by atoms with E-state index in [4.69, 9.17) is 4.74 Å². The molecule has 0 radical (unpaired) electrons. The van der Waals surface area contributed by atoms with E-state index in [2.05, 4.69) is 10.3 Å². The number of aromatic nitrogens is 2. The lowest BCUT2D eigenvalue weighted by atomic mass is 10.1. The number of hydrogen-bond acceptors (Lipinski definition) is 6. The van der Waals surface area contributed by atoms with Gasteiger partial charge < -0.3 is 24.6 Å². The SMILES string of the molecule is CN(C(=O)COCc1nc2ccccc2n1C)[C@@H]1CC[C@@H](N2CCNC(=O)C2)[C@@H]1O. The fourth-order valence-corrected chi connectivity index (χ4v) is 4.54. The predicted molar refractivity (Wildman–Crippen MR) is 111 cm³/mol. The lowest BCUT2D eigenvalue weighted by molar-refractivity contribution is -0.140. The van der Waals surface area contributed by atoms with Gasteiger partial charge in [0.2, 0.25) is 11.8 Å². The number of hydrogen-bond donors (Lipinski definition) is 2. The molecular weight excluding hydrogens is 386 g/mol. The molecule has 2 aliphatic rings. The Kier molecular flexibility index (Phi) is 6.03. The highest BCUT2D eigenvalue weighted by atomic mass is 16.5. The number of carbonyl (C=O) groups is 2. The van der Waals surface area contributed by atoms with Crippen LogP contribution in [0.1, 0.15) is 18.7 Å². The summed E-state index contributed by atoms with van der Waals surface area (Å²) in [6, 6.07) is 7.47. The van der Waals surface area contributed by atoms with Crippen molar-refractivity contribution in [2.75, 3.05) is 33.3 Å². The number of nitrogens with one attached hydrogen (secondary N) is 1. The van der Waals surface area contributed by atoms with E-state index in [-0.39, 0.29) is 37.1 Å². The standard InChI is InChI=1S/C21H29N5O4/c1-24-15-6-4-3-5-14(15)23-18(24)12-30-13-20(28)25(2)16-7-8-17(21(16)29)26-10-9-22-19(27)11-26/h3-6,16-17,21,29H,7-13H2,1-2H3,(H,22,27)/t16-,17-,21-/m1/s1. The first-order chi connectivity index (χ1) is 14.5. The van der Waals surface area contributed by atoms with Crippen molar-refractivity contribution in [1.29, 1.82) is 0 Å². The van der Waals surface area contributed by atoms with Gasteiger partial charge in [0.05, 0.1) is 29.7 Å². The Bertz CT molecular complexity index is 929. The Morgan fingerprint density at radius 1 is 1.37 bits per heavy atom. The zero-order valence-electron chi connectivity index (χ0n) is 17.5. The molecule has 2 amide bonds. The summed E-state index contributed by atoms with van der Waals surface area (Å²) in [6.07, 6.45) is 0.790. The van der Waals surface area contributed by atoms with Crippen LogP contribution >= 0.6 is 0 Å². The summed E-state index contributed by atoms with van der Waals surface area (Å²) in [5.41, 5.74) is 1.92. The number of likely N-dealkylation sites (N-methyl/N-ethyl adjacent to an activating group) is 1. The smallest absolute Gasteiger partial charge is 0.248 e. The average Bonchev–Trinajstić information content (AvgIpc) is 3.28. The van der Waals surface area contributed by atoms with Gasteiger partial charge in [-0.15, -0.1) is 0 Å². The molecule has 0 spiro atoms. The van der Waals surface area contributed by atoms with E-state index in [0.29, 0.717) is 19.5 Å². The van der Waals surface area contributed by atoms with Crippen LogP contribution in [0.5, 0.6) is 0 Å². The second-order valence-corrected chi connectivity index (χ2v) is 8.10. The van der Waals surface area contributed by atoms with Crippen LogP contribution in [0.15, 0.2) is 24.3 Å². The van der Waals surface area contributed by atoms with Gasteiger partial charge in [0.25, 0.3) is 0 Å². The molecule has 1 aromatic carbocycles. The minimum Gasteiger partial charge on any atom is -0.389 e. The highest BCUT2D eigenvalue weighted by molar-refractivity contribution is 5.79. The molecule has 0 unspecified atom stereocenters. The van der Waals surface area contributed by atoms with Gasteiger partial charge in [0.15, 0.2) is 0 Å². The highest BCUT2D eigenvalue weighted by Crippen LogP contribution is 2.28. The van der Waals surface area contributed by atoms with Gasteiger partial charge in [-0.3, -0.25) is 14.5 Å². The Morgan fingerprint density at radius 2 is 2.17 bits per heavy atom. The molecule has 4 rings (SSSR count). The molecule has 2 heterocycles. The van der Waals surface area contributed by atoms with E-state index in [9.17, 15) is 14.7 Å². The summed E-state index contributed by atoms with van der Waals surface area (Å²) in [6.45, 7) is 1.78. The molecule has 30 heavy (non-hydrogen) atoms. The van der Waals surface area contributed by atoms with Crippen LogP contribution in [-0.4, -0.2) is 87.7 Å². The number of aliphatic hydroxyl groups excluding tert-OH is 1. The summed E-state index contributed by atoms with van der Waals surface area (Å²) in [5, 5.41) is 13.6. The number of aliphatic hydroxyl groups is 1. The van der Waals surface area contributed by atoms with Crippen LogP contribution < -0.4 is 5.32 Å². The normalized spacial score (nSPS) is 24.9. The Labute approximate surface area is 175 Å². The molecule has 9 nitrogen and oxygen atoms in total. The summed E-state index contributed by atoms with van der Waals surface area (Å²) in [5.74, 6) is 0.572. The maximum absolute atomic E-state index is 12.6. The van der Waals surface area contributed by atoms with Crippen LogP contribution in [-0.2, 0) is 28.0 Å². The van der Waals surface area contributed by atoms with Gasteiger partial charge in [-0.05, 0) is 25.0 Å². The molecule has 162 valence electrons. The second kappa shape index (κ2) is 8.71. The number of carbonyl (C=O) groups excluding carboxylic acids is 2. The molecule has 2 fully saturated rings. The molecule has 1 saturated carbocycles. The zero-order valence-corrected chi connectivity index (χ0v) is 17.5. The molecule has 1 aliphatic heterocycles. The van der Waals surface area contributed by atoms with Crippen molar-refractivity contribution in [2.45, 2.75) is 37.6 Å². The molecule has 9 heteroatoms. The minimum atomic E-state index is -0.676. The first-order valence-corrected chi connectivity index (χ1v) is 10.4. The Balaban J connectivity index is 1.30. The number of aryl methyl sites for hydroxylation is 1. The van der Waals surface area contributed by atoms with Crippen molar-refractivity contribution in [3.05, 3.63) is 30.1 Å². The fraction of sp³-hybridized carbons (Fsp3) is 0.571. The number of ether oxygens (including phenoxy) is 1. The summed E-state index contributed by atoms with van der Waals surface area (Å²) >= 11 is 0. The zero-order chi connectivity index (χ0) is 21.3. The van der Waals surface area contributed by atoms with Crippen molar-refractivity contribution >= 4 is 22.8 Å². The van der Waals surface area contributed by atoms with Crippen LogP contribution in [0.4, 0.5) is 0 Å². The largest absolute Gasteiger partial charge is 0.389 e. The topological polar surface area (TPSA) is 99.9 Å². The first kappa shape index (κ1) is 20.8. The monoisotopic (exact) mass is 415 g/mol. The number of fused-ring (bicyclic) bond motifs is 1. The molecule has 2 N–H and O–H groups in total. The minimum absolute atomic E-state index is 0.0170. The molecule has 3 atom stereocenters.